The molecule has 0 amide bonds. The molecule has 26 heavy (non-hydrogen) atoms. The summed E-state index contributed by atoms with van der Waals surface area (Å²) in [6.07, 6.45) is -2.13. The number of aromatic nitrogens is 4. The van der Waals surface area contributed by atoms with Gasteiger partial charge in [-0.2, -0.15) is 13.2 Å². The second kappa shape index (κ2) is 8.87. The Labute approximate surface area is 171 Å². The van der Waals surface area contributed by atoms with Crippen LogP contribution in [0.5, 0.6) is 0 Å². The predicted octanol–water partition coefficient (Wildman–Crippen LogP) is 5.30. The zero-order chi connectivity index (χ0) is 19.5. The van der Waals surface area contributed by atoms with Crippen molar-refractivity contribution in [3.8, 4) is 11.5 Å². The third-order valence-electron chi connectivity index (χ3n) is 3.30. The Morgan fingerprint density at radius 2 is 1.96 bits per heavy atom. The average Bonchev–Trinajstić information content (AvgIpc) is 2.94. The van der Waals surface area contributed by atoms with Gasteiger partial charge in [0.05, 0.1) is 0 Å². The number of imidazole rings is 1. The van der Waals surface area contributed by atoms with Crippen LogP contribution < -0.4 is 0 Å². The number of hydrogen-bond donors (Lipinski definition) is 0. The molecule has 3 aromatic heterocycles. The van der Waals surface area contributed by atoms with Gasteiger partial charge in [0.2, 0.25) is 0 Å². The van der Waals surface area contributed by atoms with E-state index in [0.29, 0.717) is 17.0 Å². The van der Waals surface area contributed by atoms with Crippen LogP contribution in [0.3, 0.4) is 0 Å². The molecule has 0 atom stereocenters. The number of aryl methyl sites for hydroxylation is 1. The van der Waals surface area contributed by atoms with E-state index in [0.717, 1.165) is 34.0 Å². The Hall–Kier alpha value is -0.887. The van der Waals surface area contributed by atoms with Crippen LogP contribution in [0.25, 0.3) is 22.6 Å². The van der Waals surface area contributed by atoms with Gasteiger partial charge in [0.1, 0.15) is 16.7 Å². The van der Waals surface area contributed by atoms with E-state index in [2.05, 4.69) is 21.1 Å². The molecule has 0 aliphatic heterocycles. The Balaban J connectivity index is 0.00000117. The van der Waals surface area contributed by atoms with Gasteiger partial charge >= 0.3 is 33.2 Å². The maximum atomic E-state index is 12.8. The molecule has 0 aromatic carbocycles. The minimum absolute atomic E-state index is 0.157. The summed E-state index contributed by atoms with van der Waals surface area (Å²) in [5, 5.41) is 0.288. The number of fused-ring (bicyclic) bond motifs is 1. The first-order valence-corrected chi connectivity index (χ1v) is 12.5. The monoisotopic (exact) mass is 470 g/mol. The van der Waals surface area contributed by atoms with Crippen molar-refractivity contribution < 1.29 is 30.5 Å². The minimum atomic E-state index is -4.54. The van der Waals surface area contributed by atoms with Gasteiger partial charge in [-0.15, -0.1) is 17.8 Å². The van der Waals surface area contributed by atoms with Crippen molar-refractivity contribution in [1.82, 2.24) is 19.5 Å². The van der Waals surface area contributed by atoms with Crippen LogP contribution >= 0.6 is 33.1 Å². The molecule has 134 valence electrons. The summed E-state index contributed by atoms with van der Waals surface area (Å²) in [7, 11) is 6.44. The van der Waals surface area contributed by atoms with Crippen LogP contribution in [0.2, 0.25) is 5.15 Å². The SMILES string of the molecule is CCSc1ccc(Cl)nc1-c1nc2cc(C(F)(F)F)n[c-]c2n1C.[Cl][Zn+]. The molecule has 0 unspecified atom stereocenters. The maximum absolute atomic E-state index is 12.8. The van der Waals surface area contributed by atoms with Crippen LogP contribution in [-0.4, -0.2) is 25.3 Å². The summed E-state index contributed by atoms with van der Waals surface area (Å²) in [5.41, 5.74) is 0.0214. The van der Waals surface area contributed by atoms with E-state index < -0.39 is 11.9 Å². The number of rotatable bonds is 3. The van der Waals surface area contributed by atoms with E-state index in [9.17, 15) is 13.2 Å². The Morgan fingerprint density at radius 3 is 2.58 bits per heavy atom. The zero-order valence-electron chi connectivity index (χ0n) is 13.7. The topological polar surface area (TPSA) is 43.6 Å². The summed E-state index contributed by atoms with van der Waals surface area (Å²) in [6, 6.07) is 4.40. The molecule has 0 saturated carbocycles. The van der Waals surface area contributed by atoms with Crippen LogP contribution in [0.4, 0.5) is 13.2 Å². The van der Waals surface area contributed by atoms with E-state index in [4.69, 9.17) is 21.3 Å². The molecule has 0 N–H and O–H groups in total. The summed E-state index contributed by atoms with van der Waals surface area (Å²) in [6.45, 7) is 1.99. The predicted molar refractivity (Wildman–Crippen MR) is 92.8 cm³/mol. The molecule has 0 fully saturated rings. The quantitative estimate of drug-likeness (QED) is 0.225. The normalized spacial score (nSPS) is 11.4. The molecular weight excluding hydrogens is 462 g/mol. The third kappa shape index (κ3) is 4.50. The van der Waals surface area contributed by atoms with E-state index in [-0.39, 0.29) is 10.7 Å². The molecule has 0 saturated heterocycles. The molecule has 0 spiro atoms. The van der Waals surface area contributed by atoms with Crippen molar-refractivity contribution in [2.75, 3.05) is 5.75 Å². The average molecular weight is 473 g/mol. The molecule has 3 rings (SSSR count). The molecule has 0 radical (unpaired) electrons. The number of halogens is 5. The van der Waals surface area contributed by atoms with Crippen LogP contribution in [0, 0.1) is 6.20 Å². The van der Waals surface area contributed by atoms with Gasteiger partial charge in [-0.1, -0.05) is 24.7 Å². The Bertz CT molecular complexity index is 918. The first kappa shape index (κ1) is 21.4. The first-order chi connectivity index (χ1) is 12.3. The third-order valence-corrected chi connectivity index (χ3v) is 4.44. The zero-order valence-corrected chi connectivity index (χ0v) is 19.0. The van der Waals surface area contributed by atoms with Crippen LogP contribution in [0.15, 0.2) is 23.1 Å². The number of alkyl halides is 3. The summed E-state index contributed by atoms with van der Waals surface area (Å²) in [5.74, 6) is 1.23. The summed E-state index contributed by atoms with van der Waals surface area (Å²) >= 11 is 8.38. The van der Waals surface area contributed by atoms with Gasteiger partial charge in [-0.3, -0.25) is 4.98 Å². The summed E-state index contributed by atoms with van der Waals surface area (Å²) < 4.78 is 40.1. The van der Waals surface area contributed by atoms with Crippen LogP contribution in [0.1, 0.15) is 12.6 Å². The van der Waals surface area contributed by atoms with Crippen molar-refractivity contribution in [3.05, 3.63) is 35.2 Å². The van der Waals surface area contributed by atoms with Gasteiger partial charge in [-0.05, 0) is 28.9 Å². The standard InChI is InChI=1S/C15H11ClF3N4S.ClH.Zn/c1-3-24-10-4-5-12(16)22-13(10)14-21-8-6-11(15(17,18)19)20-7-9(8)23(14)2;;/h4-6H,3H2,1-2H3;1H;/q-1;;+2/p-1. The Morgan fingerprint density at radius 1 is 1.27 bits per heavy atom. The molecule has 3 heterocycles. The van der Waals surface area contributed by atoms with Gasteiger partial charge < -0.3 is 9.55 Å². The summed E-state index contributed by atoms with van der Waals surface area (Å²) in [4.78, 5) is 12.8. The molecule has 0 bridgehead atoms. The van der Waals surface area contributed by atoms with Crippen molar-refractivity contribution >= 4 is 44.1 Å². The Kier molecular flexibility index (Phi) is 7.30. The van der Waals surface area contributed by atoms with Gasteiger partial charge in [0, 0.05) is 17.6 Å². The second-order valence-corrected chi connectivity index (χ2v) is 6.59. The van der Waals surface area contributed by atoms with Crippen molar-refractivity contribution in [2.24, 2.45) is 7.05 Å². The van der Waals surface area contributed by atoms with Gasteiger partial charge in [0.25, 0.3) is 0 Å². The second-order valence-electron chi connectivity index (χ2n) is 4.89. The van der Waals surface area contributed by atoms with Crippen molar-refractivity contribution in [3.63, 3.8) is 0 Å². The van der Waals surface area contributed by atoms with E-state index >= 15 is 0 Å². The fraction of sp³-hybridized carbons (Fsp3) is 0.267. The first-order valence-electron chi connectivity index (χ1n) is 7.20. The molecule has 0 aliphatic rings. The molecule has 0 aliphatic carbocycles. The number of nitrogens with zero attached hydrogens (tertiary/aromatic N) is 4. The van der Waals surface area contributed by atoms with Crippen LogP contribution in [-0.2, 0) is 30.5 Å². The molecule has 11 heteroatoms. The molecule has 3 aromatic rings. The fourth-order valence-corrected chi connectivity index (χ4v) is 3.14. The van der Waals surface area contributed by atoms with Gasteiger partial charge in [0.15, 0.2) is 0 Å². The van der Waals surface area contributed by atoms with Crippen molar-refractivity contribution in [2.45, 2.75) is 18.0 Å². The van der Waals surface area contributed by atoms with Crippen molar-refractivity contribution in [1.29, 1.82) is 0 Å². The number of thioether (sulfide) groups is 1. The number of hydrogen-bond acceptors (Lipinski definition) is 4. The molecule has 4 nitrogen and oxygen atoms in total. The van der Waals surface area contributed by atoms with E-state index in [1.807, 2.05) is 13.0 Å². The number of pyridine rings is 2. The fourth-order valence-electron chi connectivity index (χ4n) is 2.24. The van der Waals surface area contributed by atoms with E-state index in [1.165, 1.54) is 0 Å². The molecular formula is C15H11Cl2F3N4SZn. The van der Waals surface area contributed by atoms with Gasteiger partial charge in [-0.25, -0.2) is 4.98 Å². The van der Waals surface area contributed by atoms with E-state index in [1.54, 1.807) is 29.4 Å².